The van der Waals surface area contributed by atoms with Gasteiger partial charge < -0.3 is 19.6 Å². The van der Waals surface area contributed by atoms with Crippen molar-refractivity contribution in [2.45, 2.75) is 17.7 Å². The van der Waals surface area contributed by atoms with E-state index in [2.05, 4.69) is 9.98 Å². The molecule has 0 fully saturated rings. The van der Waals surface area contributed by atoms with Gasteiger partial charge in [-0.25, -0.2) is 9.98 Å². The Bertz CT molecular complexity index is 1190. The average molecular weight is 455 g/mol. The van der Waals surface area contributed by atoms with Gasteiger partial charge >= 0.3 is 0 Å². The summed E-state index contributed by atoms with van der Waals surface area (Å²) in [7, 11) is 7.01. The molecule has 0 spiro atoms. The van der Waals surface area contributed by atoms with E-state index < -0.39 is 5.91 Å². The Balaban J connectivity index is 1.95. The molecule has 0 radical (unpaired) electrons. The number of benzene rings is 1. The summed E-state index contributed by atoms with van der Waals surface area (Å²) < 4.78 is 11.7. The third-order valence-electron chi connectivity index (χ3n) is 4.73. The van der Waals surface area contributed by atoms with Crippen molar-refractivity contribution in [2.75, 3.05) is 33.2 Å². The molecule has 0 bridgehead atoms. The molecule has 0 saturated heterocycles. The molecular formula is C23H26N4O4S. The lowest BCUT2D eigenvalue weighted by Gasteiger charge is -2.15. The number of amides is 1. The number of rotatable bonds is 7. The first-order valence-corrected chi connectivity index (χ1v) is 10.8. The molecule has 1 aromatic carbocycles. The smallest absolute Gasteiger partial charge is 0.280 e. The average Bonchev–Trinajstić information content (AvgIpc) is 2.79. The summed E-state index contributed by atoms with van der Waals surface area (Å²) >= 11 is 1.44. The largest absolute Gasteiger partial charge is 0.497 e. The maximum absolute atomic E-state index is 13.0. The Morgan fingerprint density at radius 2 is 1.94 bits per heavy atom. The van der Waals surface area contributed by atoms with Gasteiger partial charge in [-0.15, -0.1) is 11.8 Å². The summed E-state index contributed by atoms with van der Waals surface area (Å²) in [5.41, 5.74) is 1.93. The van der Waals surface area contributed by atoms with Crippen LogP contribution in [0.3, 0.4) is 0 Å². The highest BCUT2D eigenvalue weighted by atomic mass is 32.2. The Morgan fingerprint density at radius 1 is 1.16 bits per heavy atom. The minimum atomic E-state index is -0.401. The molecule has 1 N–H and O–H groups in total. The van der Waals surface area contributed by atoms with Gasteiger partial charge in [-0.05, 0) is 37.3 Å². The van der Waals surface area contributed by atoms with Crippen molar-refractivity contribution < 1.29 is 19.5 Å². The summed E-state index contributed by atoms with van der Waals surface area (Å²) in [6.07, 6.45) is 1.44. The van der Waals surface area contributed by atoms with Crippen molar-refractivity contribution in [1.82, 2.24) is 9.71 Å². The van der Waals surface area contributed by atoms with E-state index in [0.717, 1.165) is 16.1 Å². The highest BCUT2D eigenvalue weighted by Crippen LogP contribution is 2.32. The molecule has 0 aliphatic rings. The van der Waals surface area contributed by atoms with Crippen LogP contribution in [-0.2, 0) is 5.75 Å². The maximum atomic E-state index is 13.0. The van der Waals surface area contributed by atoms with Crippen LogP contribution in [0, 0.1) is 6.92 Å². The second-order valence-corrected chi connectivity index (χ2v) is 8.13. The van der Waals surface area contributed by atoms with Crippen molar-refractivity contribution in [1.29, 1.82) is 0 Å². The molecule has 3 rings (SSSR count). The predicted molar refractivity (Wildman–Crippen MR) is 124 cm³/mol. The lowest BCUT2D eigenvalue weighted by Crippen LogP contribution is -2.14. The Hall–Kier alpha value is -3.46. The molecule has 2 aromatic heterocycles. The lowest BCUT2D eigenvalue weighted by atomic mass is 10.2. The molecule has 168 valence electrons. The SMILES string of the molecule is COc1ccc(CSc2nc(N(C)C)ccc2C(=O)N=c2ccn(O)c(C)c2)c(OC)c1. The van der Waals surface area contributed by atoms with E-state index in [1.54, 1.807) is 45.4 Å². The first-order valence-electron chi connectivity index (χ1n) is 9.82. The number of ether oxygens (including phenoxy) is 2. The topological polar surface area (TPSA) is 89.2 Å². The van der Waals surface area contributed by atoms with Crippen LogP contribution in [0.5, 0.6) is 11.5 Å². The number of methoxy groups -OCH3 is 2. The summed E-state index contributed by atoms with van der Waals surface area (Å²) in [5.74, 6) is 2.30. The first kappa shape index (κ1) is 23.2. The zero-order valence-electron chi connectivity index (χ0n) is 18.7. The highest BCUT2D eigenvalue weighted by molar-refractivity contribution is 7.98. The summed E-state index contributed by atoms with van der Waals surface area (Å²) in [4.78, 5) is 23.7. The van der Waals surface area contributed by atoms with E-state index in [4.69, 9.17) is 9.47 Å². The molecule has 3 aromatic rings. The summed E-state index contributed by atoms with van der Waals surface area (Å²) in [6, 6.07) is 12.4. The number of aryl methyl sites for hydroxylation is 1. The van der Waals surface area contributed by atoms with Gasteiger partial charge in [0, 0.05) is 37.7 Å². The van der Waals surface area contributed by atoms with Gasteiger partial charge in [0.1, 0.15) is 22.3 Å². The zero-order chi connectivity index (χ0) is 23.3. The van der Waals surface area contributed by atoms with Gasteiger partial charge in [0.2, 0.25) is 0 Å². The van der Waals surface area contributed by atoms with E-state index >= 15 is 0 Å². The number of hydrogen-bond acceptors (Lipinski definition) is 7. The number of hydrogen-bond donors (Lipinski definition) is 1. The molecule has 0 unspecified atom stereocenters. The minimum Gasteiger partial charge on any atom is -0.497 e. The first-order chi connectivity index (χ1) is 15.3. The van der Waals surface area contributed by atoms with Gasteiger partial charge in [-0.2, -0.15) is 4.73 Å². The van der Waals surface area contributed by atoms with Crippen LogP contribution in [0.4, 0.5) is 5.82 Å². The molecule has 32 heavy (non-hydrogen) atoms. The van der Waals surface area contributed by atoms with Crippen LogP contribution in [0.25, 0.3) is 0 Å². The van der Waals surface area contributed by atoms with Gasteiger partial charge in [0.15, 0.2) is 0 Å². The fourth-order valence-corrected chi connectivity index (χ4v) is 3.91. The Morgan fingerprint density at radius 3 is 2.59 bits per heavy atom. The van der Waals surface area contributed by atoms with Crippen LogP contribution in [0.1, 0.15) is 21.6 Å². The van der Waals surface area contributed by atoms with Gasteiger partial charge in [0.25, 0.3) is 5.91 Å². The normalized spacial score (nSPS) is 11.3. The molecule has 2 heterocycles. The third-order valence-corrected chi connectivity index (χ3v) is 5.77. The fourth-order valence-electron chi connectivity index (χ4n) is 2.91. The Labute approximate surface area is 191 Å². The fraction of sp³-hybridized carbons (Fsp3) is 0.261. The van der Waals surface area contributed by atoms with E-state index in [-0.39, 0.29) is 0 Å². The van der Waals surface area contributed by atoms with Crippen molar-refractivity contribution in [2.24, 2.45) is 4.99 Å². The highest BCUT2D eigenvalue weighted by Gasteiger charge is 2.16. The van der Waals surface area contributed by atoms with Crippen molar-refractivity contribution >= 4 is 23.5 Å². The predicted octanol–water partition coefficient (Wildman–Crippen LogP) is 3.55. The van der Waals surface area contributed by atoms with Crippen molar-refractivity contribution in [3.63, 3.8) is 0 Å². The molecular weight excluding hydrogens is 428 g/mol. The van der Waals surface area contributed by atoms with E-state index in [1.165, 1.54) is 18.0 Å². The van der Waals surface area contributed by atoms with Gasteiger partial charge in [0.05, 0.1) is 30.8 Å². The third kappa shape index (κ3) is 5.42. The van der Waals surface area contributed by atoms with Gasteiger partial charge in [-0.1, -0.05) is 6.07 Å². The zero-order valence-corrected chi connectivity index (χ0v) is 19.5. The second-order valence-electron chi connectivity index (χ2n) is 7.17. The van der Waals surface area contributed by atoms with Gasteiger partial charge in [-0.3, -0.25) is 4.79 Å². The van der Waals surface area contributed by atoms with Crippen LogP contribution >= 0.6 is 11.8 Å². The van der Waals surface area contributed by atoms with E-state index in [0.29, 0.717) is 38.9 Å². The lowest BCUT2D eigenvalue weighted by molar-refractivity contribution is 0.0994. The number of carbonyl (C=O) groups excluding carboxylic acids is 1. The van der Waals surface area contributed by atoms with Crippen LogP contribution in [-0.4, -0.2) is 49.1 Å². The molecule has 1 amide bonds. The Kier molecular flexibility index (Phi) is 7.42. The number of pyridine rings is 2. The number of aromatic nitrogens is 2. The van der Waals surface area contributed by atoms with Crippen molar-refractivity contribution in [3.8, 4) is 11.5 Å². The summed E-state index contributed by atoms with van der Waals surface area (Å²) in [5, 5.41) is 10.7. The van der Waals surface area contributed by atoms with Crippen LogP contribution in [0.2, 0.25) is 0 Å². The number of anilines is 1. The maximum Gasteiger partial charge on any atom is 0.280 e. The molecule has 9 heteroatoms. The van der Waals surface area contributed by atoms with E-state index in [1.807, 2.05) is 37.2 Å². The minimum absolute atomic E-state index is 0.401. The number of carbonyl (C=O) groups is 1. The molecule has 0 saturated carbocycles. The van der Waals surface area contributed by atoms with Crippen LogP contribution in [0.15, 0.2) is 58.7 Å². The second kappa shape index (κ2) is 10.2. The number of thioether (sulfide) groups is 1. The molecule has 8 nitrogen and oxygen atoms in total. The molecule has 0 aliphatic heterocycles. The number of nitrogens with zero attached hydrogens (tertiary/aromatic N) is 4. The van der Waals surface area contributed by atoms with Crippen molar-refractivity contribution in [3.05, 3.63) is 70.8 Å². The monoisotopic (exact) mass is 454 g/mol. The summed E-state index contributed by atoms with van der Waals surface area (Å²) in [6.45, 7) is 1.72. The molecule has 0 aliphatic carbocycles. The quantitative estimate of drug-likeness (QED) is 0.431. The van der Waals surface area contributed by atoms with Crippen LogP contribution < -0.4 is 19.7 Å². The molecule has 0 atom stereocenters. The standard InChI is InChI=1S/C23H26N4O4S/c1-15-12-17(10-11-27(15)29)24-22(28)19-8-9-21(26(2)3)25-23(19)32-14-16-6-7-18(30-4)13-20(16)31-5/h6-13,29H,14H2,1-5H3. The van der Waals surface area contributed by atoms with E-state index in [9.17, 15) is 10.0 Å².